The molecule has 0 aliphatic carbocycles. The van der Waals surface area contributed by atoms with Crippen molar-refractivity contribution in [1.82, 2.24) is 4.90 Å². The lowest BCUT2D eigenvalue weighted by molar-refractivity contribution is 0.378. The average molecular weight is 191 g/mol. The molecule has 0 aliphatic rings. The van der Waals surface area contributed by atoms with Gasteiger partial charge in [0.15, 0.2) is 0 Å². The zero-order valence-electron chi connectivity index (χ0n) is 9.53. The number of rotatable bonds is 5. The minimum atomic E-state index is 0.721. The molecule has 0 spiro atoms. The van der Waals surface area contributed by atoms with E-state index < -0.39 is 0 Å². The molecule has 1 rings (SSSR count). The van der Waals surface area contributed by atoms with Gasteiger partial charge in [-0.3, -0.25) is 0 Å². The zero-order valence-corrected chi connectivity index (χ0v) is 9.53. The standard InChI is InChI=1S/C13H21N/c1-4-12(10-11-14(2)3)13-8-6-5-7-9-13/h5-9,12H,4,10-11H2,1-3H3/t12-/m0/s1. The van der Waals surface area contributed by atoms with Crippen LogP contribution in [-0.2, 0) is 0 Å². The molecule has 1 heteroatoms. The molecule has 0 saturated heterocycles. The molecule has 0 amide bonds. The normalized spacial score (nSPS) is 13.1. The Bertz CT molecular complexity index is 241. The van der Waals surface area contributed by atoms with Crippen LogP contribution in [-0.4, -0.2) is 25.5 Å². The van der Waals surface area contributed by atoms with E-state index >= 15 is 0 Å². The van der Waals surface area contributed by atoms with Gasteiger partial charge in [0.05, 0.1) is 0 Å². The third-order valence-electron chi connectivity index (χ3n) is 2.69. The van der Waals surface area contributed by atoms with Crippen molar-refractivity contribution in [2.75, 3.05) is 20.6 Å². The van der Waals surface area contributed by atoms with Crippen molar-refractivity contribution in [3.05, 3.63) is 35.9 Å². The Balaban J connectivity index is 2.54. The van der Waals surface area contributed by atoms with Gasteiger partial charge in [0, 0.05) is 0 Å². The summed E-state index contributed by atoms with van der Waals surface area (Å²) in [7, 11) is 4.27. The van der Waals surface area contributed by atoms with E-state index in [1.165, 1.54) is 24.9 Å². The fourth-order valence-corrected chi connectivity index (χ4v) is 1.75. The van der Waals surface area contributed by atoms with Crippen LogP contribution in [0.15, 0.2) is 30.3 Å². The van der Waals surface area contributed by atoms with Gasteiger partial charge in [-0.05, 0) is 45.0 Å². The molecule has 1 atom stereocenters. The molecule has 78 valence electrons. The first-order valence-electron chi connectivity index (χ1n) is 5.43. The van der Waals surface area contributed by atoms with Crippen molar-refractivity contribution in [3.63, 3.8) is 0 Å². The molecule has 0 unspecified atom stereocenters. The van der Waals surface area contributed by atoms with Crippen LogP contribution in [0, 0.1) is 0 Å². The predicted molar refractivity (Wildman–Crippen MR) is 62.6 cm³/mol. The van der Waals surface area contributed by atoms with Crippen molar-refractivity contribution >= 4 is 0 Å². The average Bonchev–Trinajstić information content (AvgIpc) is 2.20. The molecule has 0 bridgehead atoms. The van der Waals surface area contributed by atoms with Crippen LogP contribution in [0.25, 0.3) is 0 Å². The number of hydrogen-bond donors (Lipinski definition) is 0. The van der Waals surface area contributed by atoms with Crippen LogP contribution in [0.5, 0.6) is 0 Å². The molecule has 14 heavy (non-hydrogen) atoms. The number of benzene rings is 1. The van der Waals surface area contributed by atoms with Crippen LogP contribution in [0.3, 0.4) is 0 Å². The summed E-state index contributed by atoms with van der Waals surface area (Å²) in [5.41, 5.74) is 1.48. The summed E-state index contributed by atoms with van der Waals surface area (Å²) in [6.45, 7) is 3.45. The van der Waals surface area contributed by atoms with Crippen LogP contribution < -0.4 is 0 Å². The van der Waals surface area contributed by atoms with Crippen LogP contribution in [0.4, 0.5) is 0 Å². The van der Waals surface area contributed by atoms with Crippen LogP contribution >= 0.6 is 0 Å². The van der Waals surface area contributed by atoms with E-state index in [0.717, 1.165) is 5.92 Å². The molecule has 0 heterocycles. The van der Waals surface area contributed by atoms with Crippen LogP contribution in [0.2, 0.25) is 0 Å². The summed E-state index contributed by atoms with van der Waals surface area (Å²) in [6.07, 6.45) is 2.49. The third kappa shape index (κ3) is 3.51. The van der Waals surface area contributed by atoms with Gasteiger partial charge >= 0.3 is 0 Å². The Morgan fingerprint density at radius 1 is 1.14 bits per heavy atom. The Kier molecular flexibility index (Phi) is 4.68. The SMILES string of the molecule is CC[C@@H](CCN(C)C)c1ccccc1. The molecular formula is C13H21N. The summed E-state index contributed by atoms with van der Waals surface area (Å²) in [6, 6.07) is 10.8. The Hall–Kier alpha value is -0.820. The maximum atomic E-state index is 2.27. The van der Waals surface area contributed by atoms with Gasteiger partial charge < -0.3 is 4.90 Å². The number of nitrogens with zero attached hydrogens (tertiary/aromatic N) is 1. The molecule has 0 N–H and O–H groups in total. The first-order chi connectivity index (χ1) is 6.74. The monoisotopic (exact) mass is 191 g/mol. The minimum absolute atomic E-state index is 0.721. The Morgan fingerprint density at radius 2 is 1.79 bits per heavy atom. The second-order valence-corrected chi connectivity index (χ2v) is 4.11. The zero-order chi connectivity index (χ0) is 10.4. The van der Waals surface area contributed by atoms with Gasteiger partial charge in [-0.2, -0.15) is 0 Å². The van der Waals surface area contributed by atoms with E-state index in [9.17, 15) is 0 Å². The molecule has 1 aromatic rings. The highest BCUT2D eigenvalue weighted by Gasteiger charge is 2.08. The van der Waals surface area contributed by atoms with E-state index in [0.29, 0.717) is 0 Å². The topological polar surface area (TPSA) is 3.24 Å². The van der Waals surface area contributed by atoms with E-state index in [1.807, 2.05) is 0 Å². The van der Waals surface area contributed by atoms with Crippen molar-refractivity contribution in [2.24, 2.45) is 0 Å². The fraction of sp³-hybridized carbons (Fsp3) is 0.538. The van der Waals surface area contributed by atoms with Crippen molar-refractivity contribution in [3.8, 4) is 0 Å². The minimum Gasteiger partial charge on any atom is -0.309 e. The highest BCUT2D eigenvalue weighted by molar-refractivity contribution is 5.19. The van der Waals surface area contributed by atoms with Gasteiger partial charge in [0.25, 0.3) is 0 Å². The van der Waals surface area contributed by atoms with Gasteiger partial charge in [-0.25, -0.2) is 0 Å². The van der Waals surface area contributed by atoms with Crippen molar-refractivity contribution in [2.45, 2.75) is 25.7 Å². The van der Waals surface area contributed by atoms with E-state index in [2.05, 4.69) is 56.3 Å². The maximum absolute atomic E-state index is 2.27. The first kappa shape index (κ1) is 11.3. The van der Waals surface area contributed by atoms with E-state index in [-0.39, 0.29) is 0 Å². The highest BCUT2D eigenvalue weighted by atomic mass is 15.0. The molecule has 0 aliphatic heterocycles. The molecule has 1 aromatic carbocycles. The predicted octanol–water partition coefficient (Wildman–Crippen LogP) is 3.13. The maximum Gasteiger partial charge on any atom is -0.00190 e. The lowest BCUT2D eigenvalue weighted by Gasteiger charge is -2.17. The summed E-state index contributed by atoms with van der Waals surface area (Å²) < 4.78 is 0. The van der Waals surface area contributed by atoms with Gasteiger partial charge in [0.2, 0.25) is 0 Å². The number of hydrogen-bond acceptors (Lipinski definition) is 1. The summed E-state index contributed by atoms with van der Waals surface area (Å²) in [5, 5.41) is 0. The van der Waals surface area contributed by atoms with Crippen molar-refractivity contribution < 1.29 is 0 Å². The van der Waals surface area contributed by atoms with E-state index in [4.69, 9.17) is 0 Å². The fourth-order valence-electron chi connectivity index (χ4n) is 1.75. The quantitative estimate of drug-likeness (QED) is 0.691. The summed E-state index contributed by atoms with van der Waals surface area (Å²) in [4.78, 5) is 2.26. The molecular weight excluding hydrogens is 170 g/mol. The Labute approximate surface area is 87.7 Å². The van der Waals surface area contributed by atoms with E-state index in [1.54, 1.807) is 0 Å². The second-order valence-electron chi connectivity index (χ2n) is 4.11. The van der Waals surface area contributed by atoms with Crippen molar-refractivity contribution in [1.29, 1.82) is 0 Å². The second kappa shape index (κ2) is 5.82. The Morgan fingerprint density at radius 3 is 2.29 bits per heavy atom. The van der Waals surface area contributed by atoms with Gasteiger partial charge in [-0.15, -0.1) is 0 Å². The molecule has 0 radical (unpaired) electrons. The summed E-state index contributed by atoms with van der Waals surface area (Å²) in [5.74, 6) is 0.721. The molecule has 0 saturated carbocycles. The molecule has 0 aromatic heterocycles. The smallest absolute Gasteiger partial charge is 0.00190 e. The first-order valence-corrected chi connectivity index (χ1v) is 5.43. The molecule has 1 nitrogen and oxygen atoms in total. The molecule has 0 fully saturated rings. The van der Waals surface area contributed by atoms with Gasteiger partial charge in [-0.1, -0.05) is 37.3 Å². The highest BCUT2D eigenvalue weighted by Crippen LogP contribution is 2.22. The lowest BCUT2D eigenvalue weighted by Crippen LogP contribution is -2.15. The van der Waals surface area contributed by atoms with Gasteiger partial charge in [0.1, 0.15) is 0 Å². The third-order valence-corrected chi connectivity index (χ3v) is 2.69. The lowest BCUT2D eigenvalue weighted by atomic mass is 9.93. The largest absolute Gasteiger partial charge is 0.309 e. The summed E-state index contributed by atoms with van der Waals surface area (Å²) >= 11 is 0. The van der Waals surface area contributed by atoms with Crippen LogP contribution in [0.1, 0.15) is 31.2 Å².